The van der Waals surface area contributed by atoms with Crippen LogP contribution in [0.2, 0.25) is 0 Å². The first-order chi connectivity index (χ1) is 26.8. The van der Waals surface area contributed by atoms with Crippen LogP contribution >= 0.6 is 0 Å². The molecule has 0 aliphatic carbocycles. The predicted molar refractivity (Wildman–Crippen MR) is 203 cm³/mol. The van der Waals surface area contributed by atoms with E-state index in [0.29, 0.717) is 22.5 Å². The average molecular weight is 646 g/mol. The highest BCUT2D eigenvalue weighted by atomic mass is 16.3. The number of furan rings is 1. The molecule has 0 bridgehead atoms. The van der Waals surface area contributed by atoms with Crippen molar-refractivity contribution in [1.82, 2.24) is 19.5 Å². The zero-order valence-electron chi connectivity index (χ0n) is 31.5. The highest BCUT2D eigenvalue weighted by Gasteiger charge is 2.17. The van der Waals surface area contributed by atoms with Gasteiger partial charge in [0.15, 0.2) is 17.5 Å². The average Bonchev–Trinajstić information content (AvgIpc) is 3.77. The molecule has 0 N–H and O–H groups in total. The minimum atomic E-state index is -0.481. The summed E-state index contributed by atoms with van der Waals surface area (Å²) < 4.78 is 50.5. The Labute approximate surface area is 294 Å². The number of hydrogen-bond donors (Lipinski definition) is 0. The lowest BCUT2D eigenvalue weighted by molar-refractivity contribution is 0.669. The van der Waals surface area contributed by atoms with Crippen LogP contribution in [0.5, 0.6) is 0 Å². The van der Waals surface area contributed by atoms with Gasteiger partial charge in [-0.15, -0.1) is 0 Å². The van der Waals surface area contributed by atoms with Crippen LogP contribution in [0.3, 0.4) is 0 Å². The third kappa shape index (κ3) is 4.67. The summed E-state index contributed by atoms with van der Waals surface area (Å²) in [4.78, 5) is 14.1. The molecule has 0 atom stereocenters. The quantitative estimate of drug-likeness (QED) is 0.187. The first-order valence-corrected chi connectivity index (χ1v) is 16.3. The van der Waals surface area contributed by atoms with E-state index >= 15 is 0 Å². The maximum Gasteiger partial charge on any atom is 0.164 e. The highest BCUT2D eigenvalue weighted by molar-refractivity contribution is 6.11. The van der Waals surface area contributed by atoms with E-state index in [1.807, 2.05) is 60.7 Å². The van der Waals surface area contributed by atoms with E-state index in [1.165, 1.54) is 16.3 Å². The maximum atomic E-state index is 8.61. The van der Waals surface area contributed by atoms with Crippen LogP contribution in [0.25, 0.3) is 94.7 Å². The molecule has 3 aromatic heterocycles. The van der Waals surface area contributed by atoms with E-state index in [2.05, 4.69) is 93.4 Å². The second kappa shape index (κ2) is 11.4. The Hall–Kier alpha value is -6.85. The molecule has 0 radical (unpaired) electrons. The molecule has 3 heterocycles. The Morgan fingerprint density at radius 3 is 1.88 bits per heavy atom. The number of aromatic nitrogens is 4. The van der Waals surface area contributed by atoms with Gasteiger partial charge in [0.25, 0.3) is 0 Å². The van der Waals surface area contributed by atoms with Gasteiger partial charge in [0.1, 0.15) is 11.2 Å². The van der Waals surface area contributed by atoms with Crippen molar-refractivity contribution in [1.29, 1.82) is 0 Å². The molecular formula is C45H28N4O. The standard InChI is InChI=1S/C45H28N4O/c1-4-12-29(13-5-1)32-21-24-40-37(26-32)35-18-10-11-19-39(35)49(40)34-22-25-41-38(28-34)36-23-20-33(27-42(36)50-41)45-47-43(30-14-6-2-7-15-30)46-44(48-45)31-16-8-3-9-17-31/h1-28H/i2D,6D,7D,14D,15D. The van der Waals surface area contributed by atoms with Gasteiger partial charge >= 0.3 is 0 Å². The molecule has 234 valence electrons. The normalized spacial score (nSPS) is 13.0. The molecule has 0 fully saturated rings. The molecule has 7 aromatic carbocycles. The summed E-state index contributed by atoms with van der Waals surface area (Å²) in [5.41, 5.74) is 8.13. The third-order valence-corrected chi connectivity index (χ3v) is 9.14. The van der Waals surface area contributed by atoms with Crippen LogP contribution < -0.4 is 0 Å². The Kier molecular flexibility index (Phi) is 5.35. The zero-order chi connectivity index (χ0) is 37.4. The molecule has 5 nitrogen and oxygen atoms in total. The number of para-hydroxylation sites is 1. The molecule has 0 unspecified atom stereocenters. The van der Waals surface area contributed by atoms with Gasteiger partial charge in [0, 0.05) is 43.9 Å². The fourth-order valence-electron chi connectivity index (χ4n) is 6.80. The summed E-state index contributed by atoms with van der Waals surface area (Å²) in [5.74, 6) is 0.569. The molecule has 0 spiro atoms. The molecule has 0 amide bonds. The largest absolute Gasteiger partial charge is 0.456 e. The first-order valence-electron chi connectivity index (χ1n) is 18.8. The molecule has 0 aliphatic rings. The monoisotopic (exact) mass is 645 g/mol. The molecule has 0 saturated carbocycles. The number of nitrogens with zero attached hydrogens (tertiary/aromatic N) is 4. The zero-order valence-corrected chi connectivity index (χ0v) is 26.5. The lowest BCUT2D eigenvalue weighted by Gasteiger charge is -2.09. The molecule has 10 aromatic rings. The van der Waals surface area contributed by atoms with Gasteiger partial charge in [-0.3, -0.25) is 0 Å². The smallest absolute Gasteiger partial charge is 0.164 e. The van der Waals surface area contributed by atoms with E-state index in [4.69, 9.17) is 16.3 Å². The number of hydrogen-bond acceptors (Lipinski definition) is 4. The van der Waals surface area contributed by atoms with Gasteiger partial charge < -0.3 is 8.98 Å². The van der Waals surface area contributed by atoms with Crippen molar-refractivity contribution in [2.75, 3.05) is 0 Å². The summed E-state index contributed by atoms with van der Waals surface area (Å²) >= 11 is 0. The van der Waals surface area contributed by atoms with Crippen molar-refractivity contribution in [2.24, 2.45) is 0 Å². The predicted octanol–water partition coefficient (Wildman–Crippen LogP) is 11.5. The van der Waals surface area contributed by atoms with Gasteiger partial charge in [0.2, 0.25) is 0 Å². The molecular weight excluding hydrogens is 613 g/mol. The van der Waals surface area contributed by atoms with Crippen molar-refractivity contribution in [3.63, 3.8) is 0 Å². The van der Waals surface area contributed by atoms with Crippen LogP contribution in [0.1, 0.15) is 6.85 Å². The molecule has 5 heteroatoms. The second-order valence-corrected chi connectivity index (χ2v) is 12.1. The lowest BCUT2D eigenvalue weighted by atomic mass is 10.0. The molecule has 0 aliphatic heterocycles. The molecule has 50 heavy (non-hydrogen) atoms. The van der Waals surface area contributed by atoms with Crippen molar-refractivity contribution in [3.05, 3.63) is 170 Å². The fourth-order valence-corrected chi connectivity index (χ4v) is 6.80. The SMILES string of the molecule is [2H]c1c([2H])c([2H])c(-c2nc(-c3ccccc3)nc(-c3ccc4c(c3)oc3ccc(-n5c6ccccc6c6cc(-c7ccccc7)ccc65)cc34)n2)c([2H])c1[2H]. The summed E-state index contributed by atoms with van der Waals surface area (Å²) in [6, 6.07) is 44.6. The topological polar surface area (TPSA) is 56.7 Å². The summed E-state index contributed by atoms with van der Waals surface area (Å²) in [5, 5.41) is 4.21. The lowest BCUT2D eigenvalue weighted by Crippen LogP contribution is -2.00. The summed E-state index contributed by atoms with van der Waals surface area (Å²) in [7, 11) is 0. The van der Waals surface area contributed by atoms with E-state index in [9.17, 15) is 0 Å². The van der Waals surface area contributed by atoms with Gasteiger partial charge in [0.05, 0.1) is 17.9 Å². The van der Waals surface area contributed by atoms with Crippen LogP contribution in [0.4, 0.5) is 0 Å². The minimum Gasteiger partial charge on any atom is -0.456 e. The van der Waals surface area contributed by atoms with Crippen molar-refractivity contribution in [3.8, 4) is 51.0 Å². The number of rotatable bonds is 5. The third-order valence-electron chi connectivity index (χ3n) is 9.14. The van der Waals surface area contributed by atoms with Gasteiger partial charge in [-0.1, -0.05) is 121 Å². The van der Waals surface area contributed by atoms with E-state index in [-0.39, 0.29) is 29.3 Å². The molecule has 0 saturated heterocycles. The van der Waals surface area contributed by atoms with Gasteiger partial charge in [-0.2, -0.15) is 0 Å². The van der Waals surface area contributed by atoms with Crippen molar-refractivity contribution < 1.29 is 11.3 Å². The van der Waals surface area contributed by atoms with Crippen LogP contribution in [0.15, 0.2) is 174 Å². The van der Waals surface area contributed by atoms with Crippen LogP contribution in [-0.4, -0.2) is 19.5 Å². The van der Waals surface area contributed by atoms with E-state index in [0.717, 1.165) is 38.6 Å². The van der Waals surface area contributed by atoms with E-state index in [1.54, 1.807) is 0 Å². The Balaban J connectivity index is 1.12. The number of benzene rings is 7. The van der Waals surface area contributed by atoms with Crippen LogP contribution in [-0.2, 0) is 0 Å². The van der Waals surface area contributed by atoms with Crippen LogP contribution in [0, 0.1) is 0 Å². The summed E-state index contributed by atoms with van der Waals surface area (Å²) in [6.45, 7) is 0. The van der Waals surface area contributed by atoms with Crippen molar-refractivity contribution >= 4 is 43.7 Å². The van der Waals surface area contributed by atoms with Crippen molar-refractivity contribution in [2.45, 2.75) is 0 Å². The first kappa shape index (κ1) is 23.5. The van der Waals surface area contributed by atoms with Gasteiger partial charge in [-0.05, 0) is 59.7 Å². The highest BCUT2D eigenvalue weighted by Crippen LogP contribution is 2.38. The van der Waals surface area contributed by atoms with Gasteiger partial charge in [-0.25, -0.2) is 15.0 Å². The minimum absolute atomic E-state index is 0.0164. The Bertz CT molecular complexity index is 3130. The second-order valence-electron chi connectivity index (χ2n) is 12.1. The molecule has 10 rings (SSSR count). The Morgan fingerprint density at radius 1 is 0.420 bits per heavy atom. The number of fused-ring (bicyclic) bond motifs is 6. The maximum absolute atomic E-state index is 8.61. The fraction of sp³-hybridized carbons (Fsp3) is 0. The summed E-state index contributed by atoms with van der Waals surface area (Å²) in [6.07, 6.45) is 0. The Morgan fingerprint density at radius 2 is 1.08 bits per heavy atom. The van der Waals surface area contributed by atoms with E-state index < -0.39 is 18.1 Å².